The first kappa shape index (κ1) is 16.1. The minimum absolute atomic E-state index is 0.0650. The van der Waals surface area contributed by atoms with Crippen molar-refractivity contribution in [1.29, 1.82) is 0 Å². The minimum atomic E-state index is -0.451. The summed E-state index contributed by atoms with van der Waals surface area (Å²) in [4.78, 5) is 12.4. The number of hydrogen-bond donors (Lipinski definition) is 2. The van der Waals surface area contributed by atoms with Gasteiger partial charge in [0, 0.05) is 23.1 Å². The maximum atomic E-state index is 12.4. The van der Waals surface area contributed by atoms with Crippen molar-refractivity contribution in [3.63, 3.8) is 0 Å². The number of nitrogens with one attached hydrogen (secondary N) is 1. The SMILES string of the molecule is CCOC(=O)C1(NC2CC2)CCC(SC(C)CCO)C1. The lowest BCUT2D eigenvalue weighted by molar-refractivity contribution is -0.151. The van der Waals surface area contributed by atoms with Gasteiger partial charge in [-0.15, -0.1) is 0 Å². The van der Waals surface area contributed by atoms with Gasteiger partial charge in [-0.05, 0) is 45.4 Å². The Balaban J connectivity index is 1.93. The van der Waals surface area contributed by atoms with Gasteiger partial charge in [0.05, 0.1) is 6.61 Å². The van der Waals surface area contributed by atoms with Gasteiger partial charge in [0.25, 0.3) is 0 Å². The molecule has 3 atom stereocenters. The van der Waals surface area contributed by atoms with Crippen molar-refractivity contribution in [3.05, 3.63) is 0 Å². The van der Waals surface area contributed by atoms with E-state index < -0.39 is 5.54 Å². The van der Waals surface area contributed by atoms with Crippen molar-refractivity contribution in [2.45, 2.75) is 74.5 Å². The fourth-order valence-corrected chi connectivity index (χ4v) is 4.49. The lowest BCUT2D eigenvalue weighted by Crippen LogP contribution is -2.52. The van der Waals surface area contributed by atoms with Crippen LogP contribution in [0, 0.1) is 0 Å². The molecule has 0 heterocycles. The van der Waals surface area contributed by atoms with E-state index in [-0.39, 0.29) is 12.6 Å². The van der Waals surface area contributed by atoms with Crippen LogP contribution in [0.25, 0.3) is 0 Å². The van der Waals surface area contributed by atoms with Crippen LogP contribution in [0.2, 0.25) is 0 Å². The Morgan fingerprint density at radius 1 is 1.50 bits per heavy atom. The second-order valence-electron chi connectivity index (χ2n) is 6.04. The summed E-state index contributed by atoms with van der Waals surface area (Å²) in [7, 11) is 0. The van der Waals surface area contributed by atoms with Gasteiger partial charge < -0.3 is 9.84 Å². The van der Waals surface area contributed by atoms with Crippen molar-refractivity contribution in [2.24, 2.45) is 0 Å². The molecule has 2 rings (SSSR count). The first-order valence-corrected chi connectivity index (χ1v) is 8.75. The molecule has 2 aliphatic rings. The van der Waals surface area contributed by atoms with Gasteiger partial charge in [0.2, 0.25) is 0 Å². The van der Waals surface area contributed by atoms with Crippen LogP contribution in [0.1, 0.15) is 52.4 Å². The Morgan fingerprint density at radius 3 is 2.85 bits per heavy atom. The van der Waals surface area contributed by atoms with Crippen LogP contribution in [-0.2, 0) is 9.53 Å². The normalized spacial score (nSPS) is 31.2. The number of carbonyl (C=O) groups is 1. The molecule has 0 aliphatic heterocycles. The summed E-state index contributed by atoms with van der Waals surface area (Å²) in [6, 6.07) is 0.512. The van der Waals surface area contributed by atoms with E-state index in [0.29, 0.717) is 23.1 Å². The second-order valence-corrected chi connectivity index (χ2v) is 7.79. The molecular weight excluding hydrogens is 274 g/mol. The summed E-state index contributed by atoms with van der Waals surface area (Å²) < 4.78 is 5.31. The van der Waals surface area contributed by atoms with Crippen LogP contribution in [0.5, 0.6) is 0 Å². The average Bonchev–Trinajstić information content (AvgIpc) is 3.11. The fraction of sp³-hybridized carbons (Fsp3) is 0.933. The highest BCUT2D eigenvalue weighted by atomic mass is 32.2. The van der Waals surface area contributed by atoms with E-state index in [4.69, 9.17) is 9.84 Å². The van der Waals surface area contributed by atoms with Crippen LogP contribution < -0.4 is 5.32 Å². The third kappa shape index (κ3) is 4.12. The van der Waals surface area contributed by atoms with Crippen LogP contribution in [-0.4, -0.2) is 46.4 Å². The molecule has 0 aromatic carbocycles. The lowest BCUT2D eigenvalue weighted by Gasteiger charge is -2.28. The number of rotatable bonds is 8. The molecule has 3 unspecified atom stereocenters. The number of esters is 1. The molecule has 2 N–H and O–H groups in total. The molecule has 116 valence electrons. The van der Waals surface area contributed by atoms with Crippen molar-refractivity contribution in [2.75, 3.05) is 13.2 Å². The molecule has 2 aliphatic carbocycles. The van der Waals surface area contributed by atoms with E-state index in [1.165, 1.54) is 12.8 Å². The van der Waals surface area contributed by atoms with Gasteiger partial charge in [0.15, 0.2) is 0 Å². The van der Waals surface area contributed by atoms with Crippen molar-refractivity contribution >= 4 is 17.7 Å². The van der Waals surface area contributed by atoms with E-state index in [1.54, 1.807) is 0 Å². The van der Waals surface area contributed by atoms with E-state index in [2.05, 4.69) is 12.2 Å². The number of carbonyl (C=O) groups excluding carboxylic acids is 1. The van der Waals surface area contributed by atoms with Gasteiger partial charge in [-0.2, -0.15) is 11.8 Å². The smallest absolute Gasteiger partial charge is 0.326 e. The van der Waals surface area contributed by atoms with E-state index in [9.17, 15) is 4.79 Å². The van der Waals surface area contributed by atoms with E-state index in [0.717, 1.165) is 25.7 Å². The maximum absolute atomic E-state index is 12.4. The summed E-state index contributed by atoms with van der Waals surface area (Å²) in [6.07, 6.45) is 5.98. The first-order chi connectivity index (χ1) is 9.59. The summed E-state index contributed by atoms with van der Waals surface area (Å²) in [5.74, 6) is -0.0650. The summed E-state index contributed by atoms with van der Waals surface area (Å²) in [5, 5.41) is 13.5. The van der Waals surface area contributed by atoms with E-state index in [1.807, 2.05) is 18.7 Å². The van der Waals surface area contributed by atoms with Gasteiger partial charge >= 0.3 is 5.97 Å². The molecule has 5 heteroatoms. The van der Waals surface area contributed by atoms with Crippen molar-refractivity contribution < 1.29 is 14.6 Å². The predicted octanol–water partition coefficient (Wildman–Crippen LogP) is 2.10. The van der Waals surface area contributed by atoms with Gasteiger partial charge in [-0.1, -0.05) is 6.92 Å². The number of thioether (sulfide) groups is 1. The molecule has 20 heavy (non-hydrogen) atoms. The number of aliphatic hydroxyl groups excluding tert-OH is 1. The Labute approximate surface area is 126 Å². The number of aliphatic hydroxyl groups is 1. The molecule has 0 saturated heterocycles. The van der Waals surface area contributed by atoms with E-state index >= 15 is 0 Å². The molecule has 2 fully saturated rings. The lowest BCUT2D eigenvalue weighted by atomic mass is 9.97. The van der Waals surface area contributed by atoms with Crippen molar-refractivity contribution in [1.82, 2.24) is 5.32 Å². The number of hydrogen-bond acceptors (Lipinski definition) is 5. The molecule has 4 nitrogen and oxygen atoms in total. The minimum Gasteiger partial charge on any atom is -0.465 e. The molecule has 0 aromatic heterocycles. The molecule has 0 spiro atoms. The number of ether oxygens (including phenoxy) is 1. The van der Waals surface area contributed by atoms with Gasteiger partial charge in [0.1, 0.15) is 5.54 Å². The zero-order valence-corrected chi connectivity index (χ0v) is 13.4. The Kier molecular flexibility index (Phi) is 5.75. The van der Waals surface area contributed by atoms with Crippen LogP contribution >= 0.6 is 11.8 Å². The van der Waals surface area contributed by atoms with Crippen LogP contribution in [0.4, 0.5) is 0 Å². The quantitative estimate of drug-likeness (QED) is 0.672. The highest BCUT2D eigenvalue weighted by Crippen LogP contribution is 2.41. The van der Waals surface area contributed by atoms with Crippen LogP contribution in [0.3, 0.4) is 0 Å². The van der Waals surface area contributed by atoms with Gasteiger partial charge in [-0.3, -0.25) is 10.1 Å². The summed E-state index contributed by atoms with van der Waals surface area (Å²) >= 11 is 1.91. The second kappa shape index (κ2) is 7.14. The average molecular weight is 301 g/mol. The van der Waals surface area contributed by atoms with Crippen molar-refractivity contribution in [3.8, 4) is 0 Å². The summed E-state index contributed by atoms with van der Waals surface area (Å²) in [5.41, 5.74) is -0.451. The Hall–Kier alpha value is -0.260. The standard InChI is InChI=1S/C15H27NO3S/c1-3-19-14(18)15(16-12-4-5-12)8-6-13(10-15)20-11(2)7-9-17/h11-13,16-17H,3-10H2,1-2H3. The molecule has 0 bridgehead atoms. The molecule has 2 saturated carbocycles. The third-order valence-corrected chi connectivity index (χ3v) is 5.64. The highest BCUT2D eigenvalue weighted by Gasteiger charge is 2.49. The monoisotopic (exact) mass is 301 g/mol. The topological polar surface area (TPSA) is 58.6 Å². The molecule has 0 amide bonds. The largest absolute Gasteiger partial charge is 0.465 e. The van der Waals surface area contributed by atoms with Gasteiger partial charge in [-0.25, -0.2) is 0 Å². The fourth-order valence-electron chi connectivity index (χ4n) is 2.96. The van der Waals surface area contributed by atoms with Crippen LogP contribution in [0.15, 0.2) is 0 Å². The maximum Gasteiger partial charge on any atom is 0.326 e. The summed E-state index contributed by atoms with van der Waals surface area (Å²) in [6.45, 7) is 4.71. The third-order valence-electron chi connectivity index (χ3n) is 4.15. The highest BCUT2D eigenvalue weighted by molar-refractivity contribution is 8.00. The zero-order valence-electron chi connectivity index (χ0n) is 12.6. The molecule has 0 aromatic rings. The Bertz CT molecular complexity index is 335. The first-order valence-electron chi connectivity index (χ1n) is 7.81. The zero-order chi connectivity index (χ0) is 14.6. The predicted molar refractivity (Wildman–Crippen MR) is 81.9 cm³/mol. The molecular formula is C15H27NO3S. The Morgan fingerprint density at radius 2 is 2.25 bits per heavy atom. The molecule has 0 radical (unpaired) electrons.